The zero-order valence-corrected chi connectivity index (χ0v) is 16.8. The summed E-state index contributed by atoms with van der Waals surface area (Å²) < 4.78 is 5.43. The lowest BCUT2D eigenvalue weighted by atomic mass is 9.99. The van der Waals surface area contributed by atoms with Gasteiger partial charge >= 0.3 is 0 Å². The van der Waals surface area contributed by atoms with Gasteiger partial charge in [-0.3, -0.25) is 4.99 Å². The summed E-state index contributed by atoms with van der Waals surface area (Å²) in [6.07, 6.45) is 3.85. The van der Waals surface area contributed by atoms with E-state index in [9.17, 15) is 0 Å². The van der Waals surface area contributed by atoms with Gasteiger partial charge in [-0.1, -0.05) is 31.2 Å². The number of benzene rings is 1. The van der Waals surface area contributed by atoms with Crippen LogP contribution in [-0.4, -0.2) is 50.7 Å². The first-order valence-corrected chi connectivity index (χ1v) is 10.0. The average molecular weight is 361 g/mol. The van der Waals surface area contributed by atoms with Crippen LogP contribution in [0.25, 0.3) is 0 Å². The van der Waals surface area contributed by atoms with Crippen LogP contribution in [0, 0.1) is 5.92 Å². The van der Waals surface area contributed by atoms with Gasteiger partial charge in [-0.2, -0.15) is 0 Å². The van der Waals surface area contributed by atoms with E-state index in [1.54, 1.807) is 0 Å². The van der Waals surface area contributed by atoms with E-state index in [1.165, 1.54) is 43.6 Å². The summed E-state index contributed by atoms with van der Waals surface area (Å²) >= 11 is 0. The van der Waals surface area contributed by atoms with Crippen LogP contribution in [0.5, 0.6) is 0 Å². The second-order valence-corrected chi connectivity index (χ2v) is 7.18. The predicted molar refractivity (Wildman–Crippen MR) is 109 cm³/mol. The predicted octanol–water partition coefficient (Wildman–Crippen LogP) is 3.01. The second kappa shape index (κ2) is 11.9. The molecule has 26 heavy (non-hydrogen) atoms. The van der Waals surface area contributed by atoms with Crippen molar-refractivity contribution in [2.75, 3.05) is 39.8 Å². The molecular formula is C21H36N4O. The van der Waals surface area contributed by atoms with Crippen molar-refractivity contribution in [3.05, 3.63) is 35.4 Å². The molecule has 0 aliphatic carbocycles. The van der Waals surface area contributed by atoms with Crippen molar-refractivity contribution in [1.82, 2.24) is 15.5 Å². The van der Waals surface area contributed by atoms with Crippen molar-refractivity contribution < 1.29 is 4.74 Å². The van der Waals surface area contributed by atoms with Crippen LogP contribution in [0.2, 0.25) is 0 Å². The van der Waals surface area contributed by atoms with Crippen LogP contribution in [0.1, 0.15) is 44.2 Å². The number of nitrogens with one attached hydrogen (secondary N) is 2. The largest absolute Gasteiger partial charge is 0.377 e. The van der Waals surface area contributed by atoms with E-state index in [4.69, 9.17) is 4.74 Å². The molecule has 146 valence electrons. The SMILES string of the molecule is CCOCc1ccc(CNC(=NC)NCCCN2CCC(C)CC2)cc1. The van der Waals surface area contributed by atoms with Gasteiger partial charge in [-0.25, -0.2) is 0 Å². The van der Waals surface area contributed by atoms with Crippen LogP contribution < -0.4 is 10.6 Å². The topological polar surface area (TPSA) is 48.9 Å². The van der Waals surface area contributed by atoms with E-state index in [0.717, 1.165) is 38.0 Å². The number of hydrogen-bond donors (Lipinski definition) is 2. The van der Waals surface area contributed by atoms with Crippen molar-refractivity contribution in [3.8, 4) is 0 Å². The Kier molecular flexibility index (Phi) is 9.50. The number of aliphatic imine (C=N–C) groups is 1. The summed E-state index contributed by atoms with van der Waals surface area (Å²) in [4.78, 5) is 6.90. The molecule has 1 aliphatic heterocycles. The minimum absolute atomic E-state index is 0.684. The molecule has 5 nitrogen and oxygen atoms in total. The van der Waals surface area contributed by atoms with Gasteiger partial charge in [0, 0.05) is 26.7 Å². The molecule has 0 atom stereocenters. The molecule has 2 rings (SSSR count). The second-order valence-electron chi connectivity index (χ2n) is 7.18. The summed E-state index contributed by atoms with van der Waals surface area (Å²) in [5, 5.41) is 6.81. The summed E-state index contributed by atoms with van der Waals surface area (Å²) in [5.74, 6) is 1.77. The summed E-state index contributed by atoms with van der Waals surface area (Å²) in [7, 11) is 1.83. The van der Waals surface area contributed by atoms with Gasteiger partial charge in [0.05, 0.1) is 6.61 Å². The smallest absolute Gasteiger partial charge is 0.191 e. The lowest BCUT2D eigenvalue weighted by molar-refractivity contribution is 0.134. The lowest BCUT2D eigenvalue weighted by Crippen LogP contribution is -2.39. The molecule has 0 unspecified atom stereocenters. The highest BCUT2D eigenvalue weighted by Gasteiger charge is 2.14. The van der Waals surface area contributed by atoms with Gasteiger partial charge < -0.3 is 20.3 Å². The highest BCUT2D eigenvalue weighted by Crippen LogP contribution is 2.15. The molecule has 1 saturated heterocycles. The molecule has 1 aromatic carbocycles. The van der Waals surface area contributed by atoms with Gasteiger partial charge in [-0.15, -0.1) is 0 Å². The molecule has 0 amide bonds. The van der Waals surface area contributed by atoms with Crippen molar-refractivity contribution in [2.24, 2.45) is 10.9 Å². The van der Waals surface area contributed by atoms with E-state index in [1.807, 2.05) is 14.0 Å². The van der Waals surface area contributed by atoms with E-state index < -0.39 is 0 Å². The van der Waals surface area contributed by atoms with E-state index in [-0.39, 0.29) is 0 Å². The fourth-order valence-electron chi connectivity index (χ4n) is 3.17. The highest BCUT2D eigenvalue weighted by atomic mass is 16.5. The monoisotopic (exact) mass is 360 g/mol. The molecular weight excluding hydrogens is 324 g/mol. The van der Waals surface area contributed by atoms with Crippen molar-refractivity contribution in [3.63, 3.8) is 0 Å². The Balaban J connectivity index is 1.61. The Bertz CT molecular complexity index is 521. The third kappa shape index (κ3) is 7.75. The summed E-state index contributed by atoms with van der Waals surface area (Å²) in [5.41, 5.74) is 2.46. The molecule has 2 N–H and O–H groups in total. The Morgan fingerprint density at radius 3 is 2.50 bits per heavy atom. The third-order valence-corrected chi connectivity index (χ3v) is 5.00. The fraction of sp³-hybridized carbons (Fsp3) is 0.667. The molecule has 0 spiro atoms. The van der Waals surface area contributed by atoms with Gasteiger partial charge in [-0.05, 0) is 62.9 Å². The van der Waals surface area contributed by atoms with Crippen LogP contribution in [0.15, 0.2) is 29.3 Å². The number of piperidine rings is 1. The first-order chi connectivity index (χ1) is 12.7. The van der Waals surface area contributed by atoms with Crippen LogP contribution >= 0.6 is 0 Å². The van der Waals surface area contributed by atoms with Gasteiger partial charge in [0.15, 0.2) is 5.96 Å². The molecule has 1 heterocycles. The first-order valence-electron chi connectivity index (χ1n) is 10.0. The number of guanidine groups is 1. The Morgan fingerprint density at radius 1 is 1.15 bits per heavy atom. The Hall–Kier alpha value is -1.59. The van der Waals surface area contributed by atoms with Crippen molar-refractivity contribution in [2.45, 2.75) is 46.3 Å². The van der Waals surface area contributed by atoms with E-state index >= 15 is 0 Å². The van der Waals surface area contributed by atoms with Gasteiger partial charge in [0.2, 0.25) is 0 Å². The molecule has 1 fully saturated rings. The number of hydrogen-bond acceptors (Lipinski definition) is 3. The standard InChI is InChI=1S/C21H36N4O/c1-4-26-17-20-8-6-19(7-9-20)16-24-21(22-3)23-12-5-13-25-14-10-18(2)11-15-25/h6-9,18H,4-5,10-17H2,1-3H3,(H2,22,23,24). The van der Waals surface area contributed by atoms with Crippen molar-refractivity contribution >= 4 is 5.96 Å². The molecule has 1 aliphatic rings. The third-order valence-electron chi connectivity index (χ3n) is 5.00. The molecule has 0 radical (unpaired) electrons. The van der Waals surface area contributed by atoms with Gasteiger partial charge in [0.1, 0.15) is 0 Å². The maximum Gasteiger partial charge on any atom is 0.191 e. The summed E-state index contributed by atoms with van der Waals surface area (Å²) in [6.45, 7) is 11.2. The van der Waals surface area contributed by atoms with Crippen molar-refractivity contribution in [1.29, 1.82) is 0 Å². The molecule has 5 heteroatoms. The first kappa shape index (κ1) is 20.7. The Labute approximate surface area is 159 Å². The number of nitrogens with zero attached hydrogens (tertiary/aromatic N) is 2. The summed E-state index contributed by atoms with van der Waals surface area (Å²) in [6, 6.07) is 8.54. The number of ether oxygens (including phenoxy) is 1. The maximum absolute atomic E-state index is 5.43. The normalized spacial score (nSPS) is 16.7. The number of rotatable bonds is 9. The highest BCUT2D eigenvalue weighted by molar-refractivity contribution is 5.79. The number of likely N-dealkylation sites (tertiary alicyclic amines) is 1. The van der Waals surface area contributed by atoms with Crippen LogP contribution in [0.3, 0.4) is 0 Å². The van der Waals surface area contributed by atoms with Gasteiger partial charge in [0.25, 0.3) is 0 Å². The molecule has 0 saturated carbocycles. The zero-order chi connectivity index (χ0) is 18.6. The molecule has 1 aromatic rings. The minimum Gasteiger partial charge on any atom is -0.377 e. The van der Waals surface area contributed by atoms with E-state index in [0.29, 0.717) is 6.61 Å². The quantitative estimate of drug-likeness (QED) is 0.404. The minimum atomic E-state index is 0.684. The fourth-order valence-corrected chi connectivity index (χ4v) is 3.17. The zero-order valence-electron chi connectivity index (χ0n) is 16.8. The Morgan fingerprint density at radius 2 is 1.85 bits per heavy atom. The maximum atomic E-state index is 5.43. The average Bonchev–Trinajstić information content (AvgIpc) is 2.68. The van der Waals surface area contributed by atoms with Crippen LogP contribution in [0.4, 0.5) is 0 Å². The lowest BCUT2D eigenvalue weighted by Gasteiger charge is -2.30. The van der Waals surface area contributed by atoms with Crippen LogP contribution in [-0.2, 0) is 17.9 Å². The van der Waals surface area contributed by atoms with E-state index in [2.05, 4.69) is 51.7 Å². The molecule has 0 aromatic heterocycles. The molecule has 0 bridgehead atoms.